The number of aromatic amines is 4. The number of nitrogens with zero attached hydrogens (tertiary/aromatic N) is 2. The van der Waals surface area contributed by atoms with E-state index in [1.165, 1.54) is 34.0 Å². The number of rotatable bonds is 22. The number of methoxy groups -OCH3 is 4. The third-order valence-corrected chi connectivity index (χ3v) is 24.6. The molecule has 11 rings (SSSR count). The van der Waals surface area contributed by atoms with Crippen molar-refractivity contribution in [2.75, 3.05) is 44.6 Å². The van der Waals surface area contributed by atoms with Crippen LogP contribution in [-0.4, -0.2) is 127 Å². The van der Waals surface area contributed by atoms with Gasteiger partial charge in [-0.1, -0.05) is 109 Å². The number of aromatic nitrogens is 4. The van der Waals surface area contributed by atoms with E-state index in [1.807, 2.05) is 178 Å². The van der Waals surface area contributed by atoms with Crippen LogP contribution in [0.4, 0.5) is 22.7 Å². The lowest BCUT2D eigenvalue weighted by atomic mass is 9.87. The summed E-state index contributed by atoms with van der Waals surface area (Å²) in [4.78, 5) is 87.1. The normalized spacial score (nSPS) is 13.1. The van der Waals surface area contributed by atoms with Gasteiger partial charge in [0.05, 0.1) is 88.9 Å². The zero-order valence-corrected chi connectivity index (χ0v) is 80.0. The molecular weight excluding hydrogens is 1670 g/mol. The Labute approximate surface area is 730 Å². The van der Waals surface area contributed by atoms with Gasteiger partial charge in [-0.2, -0.15) is 0 Å². The minimum Gasteiger partial charge on any atom is -0.467 e. The van der Waals surface area contributed by atoms with Crippen molar-refractivity contribution >= 4 is 124 Å². The van der Waals surface area contributed by atoms with Gasteiger partial charge in [0.25, 0.3) is 11.4 Å². The molecule has 0 saturated heterocycles. The smallest absolute Gasteiger partial charge is 0.339 e. The van der Waals surface area contributed by atoms with Crippen molar-refractivity contribution in [2.45, 2.75) is 232 Å². The molecule has 662 valence electrons. The van der Waals surface area contributed by atoms with Gasteiger partial charge < -0.3 is 63.6 Å². The molecule has 4 heterocycles. The molecule has 0 fully saturated rings. The number of nitro benzene ring substituents is 2. The number of ether oxygens (including phenoxy) is 8. The monoisotopic (exact) mass is 1790 g/mol. The summed E-state index contributed by atoms with van der Waals surface area (Å²) in [6, 6.07) is 32.5. The van der Waals surface area contributed by atoms with Crippen LogP contribution in [0.5, 0.6) is 0 Å². The van der Waals surface area contributed by atoms with Gasteiger partial charge in [0.2, 0.25) is 10.0 Å². The van der Waals surface area contributed by atoms with E-state index in [0.29, 0.717) is 82.6 Å². The van der Waals surface area contributed by atoms with Crippen LogP contribution >= 0.6 is 15.9 Å². The van der Waals surface area contributed by atoms with E-state index < -0.39 is 98.6 Å². The number of aryl methyl sites for hydroxylation is 7. The lowest BCUT2D eigenvalue weighted by Gasteiger charge is -2.30. The maximum Gasteiger partial charge on any atom is 0.339 e. The average Bonchev–Trinajstić information content (AvgIpc) is 1.69. The Kier molecular flexibility index (Phi) is 30.5. The molecule has 0 aliphatic heterocycles. The van der Waals surface area contributed by atoms with Crippen LogP contribution in [0.25, 0.3) is 77.0 Å². The fourth-order valence-corrected chi connectivity index (χ4v) is 19.9. The van der Waals surface area contributed by atoms with Crippen LogP contribution in [0.15, 0.2) is 102 Å². The number of fused-ring (bicyclic) bond motifs is 4. The lowest BCUT2D eigenvalue weighted by molar-refractivity contribution is -0.384. The van der Waals surface area contributed by atoms with Crippen molar-refractivity contribution in [3.8, 4) is 33.4 Å². The fraction of sp³-hybridized carbons (Fsp3) is 0.426. The number of anilines is 2. The second kappa shape index (κ2) is 38.3. The molecule has 0 amide bonds. The molecule has 4 atom stereocenters. The van der Waals surface area contributed by atoms with E-state index in [0.717, 1.165) is 94.7 Å². The first-order valence-electron chi connectivity index (χ1n) is 40.4. The number of esters is 4. The second-order valence-corrected chi connectivity index (χ2v) is 44.7. The van der Waals surface area contributed by atoms with Crippen molar-refractivity contribution < 1.29 is 75.3 Å². The number of nitrogens with two attached hydrogens (primary N) is 1. The number of sulfonamides is 1. The van der Waals surface area contributed by atoms with Crippen LogP contribution in [0.3, 0.4) is 0 Å². The van der Waals surface area contributed by atoms with Crippen LogP contribution in [-0.2, 0) is 67.1 Å². The standard InChI is InChI=1S/C29H42N2O5SSi.C24H28N2O5.C24H30N2O3.C17H21BrN2O5/c1-18-11-13-21(14-12-18)24-22-17-19(2)30-26(22)25(31-37(33,34)15-16-38(8,9)10)20(3)23(24)27(28(32)35-7)36-29(4,5)6;1-13-8-10-16(11-9-13)19-17-12-14(2)25-20(17)21(26(28)29)15(3)18(19)22(23(27)30-7)31-24(4,5)6;1-13-8-10-16(11-9-13)19-17-12-14(2)26-21(17)20(25)15(3)18(19)22(23(27)28-7)29-24(4,5)6;1-8-7-10-12(18)11(9(2)14(20(22)23)13(10)19-8)15(16(21)24-6)25-17(3,4)5/h11-14,17,27,30-31H,15-16H2,1-10H3;8-12,22,25H,1-7H3;8-12,22,26H,25H2,1-7H3;7,15,19H,1-6H3/t27-;2*22-;15-/m0000/s1. The number of hydrogen-bond acceptors (Lipinski definition) is 19. The Balaban J connectivity index is 0.000000206. The summed E-state index contributed by atoms with van der Waals surface area (Å²) in [6.45, 7) is 49.4. The molecule has 123 heavy (non-hydrogen) atoms. The van der Waals surface area contributed by atoms with Crippen molar-refractivity contribution in [2.24, 2.45) is 0 Å². The second-order valence-electron chi connectivity index (χ2n) is 36.4. The Hall–Kier alpha value is -10.5. The average molecular weight is 1790 g/mol. The van der Waals surface area contributed by atoms with Gasteiger partial charge in [-0.3, -0.25) is 25.0 Å². The first-order valence-corrected chi connectivity index (χ1v) is 46.6. The minimum absolute atomic E-state index is 0.0390. The van der Waals surface area contributed by atoms with Crippen molar-refractivity contribution in [1.29, 1.82) is 0 Å². The maximum atomic E-state index is 13.3. The van der Waals surface area contributed by atoms with Crippen LogP contribution in [0, 0.1) is 96.4 Å². The molecule has 0 aliphatic rings. The molecule has 26 nitrogen and oxygen atoms in total. The van der Waals surface area contributed by atoms with Crippen molar-refractivity contribution in [3.05, 3.63) is 206 Å². The molecule has 0 spiro atoms. The van der Waals surface area contributed by atoms with Crippen molar-refractivity contribution in [3.63, 3.8) is 0 Å². The number of carbonyl (C=O) groups excluding carboxylic acids is 4. The van der Waals surface area contributed by atoms with Crippen LogP contribution in [0.1, 0.15) is 191 Å². The van der Waals surface area contributed by atoms with Gasteiger partial charge in [-0.15, -0.1) is 0 Å². The summed E-state index contributed by atoms with van der Waals surface area (Å²) in [5.74, 6) is -2.16. The highest BCUT2D eigenvalue weighted by Gasteiger charge is 2.41. The quantitative estimate of drug-likeness (QED) is 0.00916. The maximum absolute atomic E-state index is 13.3. The van der Waals surface area contributed by atoms with Gasteiger partial charge >= 0.3 is 23.9 Å². The summed E-state index contributed by atoms with van der Waals surface area (Å²) in [5.41, 5.74) is 23.6. The van der Waals surface area contributed by atoms with E-state index in [-0.39, 0.29) is 17.1 Å². The lowest BCUT2D eigenvalue weighted by Crippen LogP contribution is -2.30. The predicted molar refractivity (Wildman–Crippen MR) is 495 cm³/mol. The number of H-pyrrole nitrogens is 4. The molecule has 11 aromatic rings. The first kappa shape index (κ1) is 97.9. The van der Waals surface area contributed by atoms with Gasteiger partial charge in [-0.25, -0.2) is 27.6 Å². The molecule has 29 heteroatoms. The Morgan fingerprint density at radius 2 is 0.699 bits per heavy atom. The molecule has 7 aromatic carbocycles. The SMILES string of the molecule is COC(=O)[C@@H](OC(C)(C)C)c1c(C)c(N)c2[nH]c(C)cc2c1-c1ccc(C)cc1.COC(=O)[C@@H](OC(C)(C)C)c1c(C)c(NS(=O)(=O)CC[Si](C)(C)C)c2[nH]c(C)cc2c1-c1ccc(C)cc1.COC(=O)[C@@H](OC(C)(C)C)c1c(C)c([N+](=O)[O-])c2[nH]c(C)cc2c1-c1ccc(C)cc1.COC(=O)[C@@H](OC(C)(C)C)c1c(C)c([N+](=O)[O-])c2[nH]c(C)cc2c1Br. The number of halogens is 1. The molecule has 0 aliphatic carbocycles. The molecule has 0 radical (unpaired) electrons. The molecule has 0 unspecified atom stereocenters. The van der Waals surface area contributed by atoms with Gasteiger partial charge in [0.15, 0.2) is 24.4 Å². The van der Waals surface area contributed by atoms with E-state index in [2.05, 4.69) is 97.5 Å². The van der Waals surface area contributed by atoms with Gasteiger partial charge in [0, 0.05) is 90.2 Å². The van der Waals surface area contributed by atoms with Crippen molar-refractivity contribution in [1.82, 2.24) is 19.9 Å². The molecule has 0 bridgehead atoms. The van der Waals surface area contributed by atoms with Gasteiger partial charge in [-0.05, 0) is 250 Å². The zero-order valence-electron chi connectivity index (χ0n) is 76.6. The van der Waals surface area contributed by atoms with E-state index in [9.17, 15) is 47.8 Å². The highest BCUT2D eigenvalue weighted by Crippen LogP contribution is 2.50. The predicted octanol–water partition coefficient (Wildman–Crippen LogP) is 22.4. The highest BCUT2D eigenvalue weighted by molar-refractivity contribution is 9.10. The number of benzene rings is 7. The van der Waals surface area contributed by atoms with E-state index in [4.69, 9.17) is 43.6 Å². The number of hydrogen-bond donors (Lipinski definition) is 6. The summed E-state index contributed by atoms with van der Waals surface area (Å²) in [7, 11) is 0.0233. The molecular formula is C94H121BrN8O18SSi. The van der Waals surface area contributed by atoms with Crippen LogP contribution < -0.4 is 10.5 Å². The summed E-state index contributed by atoms with van der Waals surface area (Å²) < 4.78 is 74.9. The van der Waals surface area contributed by atoms with E-state index >= 15 is 0 Å². The summed E-state index contributed by atoms with van der Waals surface area (Å²) in [6.07, 6.45) is -4.17. The number of nitrogen functional groups attached to an aromatic ring is 1. The number of nitro groups is 2. The number of carbonyl (C=O) groups is 4. The Morgan fingerprint density at radius 3 is 1.02 bits per heavy atom. The number of nitrogens with one attached hydrogen (secondary N) is 5. The molecule has 7 N–H and O–H groups in total. The Bertz CT molecular complexity index is 5930. The minimum atomic E-state index is -3.65. The van der Waals surface area contributed by atoms with Crippen LogP contribution in [0.2, 0.25) is 25.7 Å². The first-order chi connectivity index (χ1) is 56.9. The summed E-state index contributed by atoms with van der Waals surface area (Å²) >= 11 is 3.50. The topological polar surface area (TPSA) is 364 Å². The summed E-state index contributed by atoms with van der Waals surface area (Å²) in [5, 5.41) is 26.8. The van der Waals surface area contributed by atoms with E-state index in [1.54, 1.807) is 40.7 Å². The zero-order chi connectivity index (χ0) is 92.3. The Morgan fingerprint density at radius 1 is 0.431 bits per heavy atom. The third kappa shape index (κ3) is 23.3. The fourth-order valence-electron chi connectivity index (χ4n) is 14.9. The van der Waals surface area contributed by atoms with Gasteiger partial charge in [0.1, 0.15) is 11.0 Å². The molecule has 4 aromatic heterocycles. The largest absolute Gasteiger partial charge is 0.467 e. The highest BCUT2D eigenvalue weighted by atomic mass is 79.9. The third-order valence-electron chi connectivity index (χ3n) is 20.4. The molecule has 0 saturated carbocycles.